The van der Waals surface area contributed by atoms with Crippen LogP contribution in [0.4, 0.5) is 0 Å². The van der Waals surface area contributed by atoms with E-state index in [0.717, 1.165) is 22.9 Å². The second-order valence-electron chi connectivity index (χ2n) is 7.40. The van der Waals surface area contributed by atoms with Crippen molar-refractivity contribution in [2.45, 2.75) is 13.8 Å². The number of rotatable bonds is 2. The molecule has 5 rings (SSSR count). The van der Waals surface area contributed by atoms with E-state index in [2.05, 4.69) is 85.4 Å². The molecule has 0 atom stereocenters. The molecule has 0 unspecified atom stereocenters. The Morgan fingerprint density at radius 2 is 1.54 bits per heavy atom. The Hall–Kier alpha value is -3.27. The van der Waals surface area contributed by atoms with Gasteiger partial charge in [-0.1, -0.05) is 83.3 Å². The molecule has 0 bridgehead atoms. The summed E-state index contributed by atoms with van der Waals surface area (Å²) in [6.45, 7) is 4.47. The van der Waals surface area contributed by atoms with Crippen molar-refractivity contribution >= 4 is 23.2 Å². The molecule has 1 aromatic heterocycles. The minimum Gasteiger partial charge on any atom is -0.472 e. The van der Waals surface area contributed by atoms with Crippen LogP contribution in [-0.4, -0.2) is 11.3 Å². The molecule has 0 saturated heterocycles. The van der Waals surface area contributed by atoms with Gasteiger partial charge in [0, 0.05) is 5.59 Å². The van der Waals surface area contributed by atoms with E-state index in [4.69, 9.17) is 4.74 Å². The third kappa shape index (κ3) is 2.49. The molecular weight excluding hydrogens is 343 g/mol. The molecule has 28 heavy (non-hydrogen) atoms. The van der Waals surface area contributed by atoms with E-state index in [1.807, 2.05) is 23.7 Å². The van der Waals surface area contributed by atoms with Gasteiger partial charge in [0.2, 0.25) is 18.9 Å². The number of aryl methyl sites for hydroxylation is 3. The molecule has 3 nitrogen and oxygen atoms in total. The highest BCUT2D eigenvalue weighted by Crippen LogP contribution is 2.23. The molecule has 0 radical (unpaired) electrons. The minimum absolute atomic E-state index is 0.0822. The van der Waals surface area contributed by atoms with Gasteiger partial charge in [-0.2, -0.15) is 0 Å². The normalized spacial score (nSPS) is 12.3. The van der Waals surface area contributed by atoms with Crippen molar-refractivity contribution in [2.24, 2.45) is 7.05 Å². The summed E-state index contributed by atoms with van der Waals surface area (Å²) in [6.07, 6.45) is 3.45. The van der Waals surface area contributed by atoms with Crippen molar-refractivity contribution in [3.63, 3.8) is 0 Å². The Balaban J connectivity index is 1.85. The Bertz CT molecular complexity index is 1160. The van der Waals surface area contributed by atoms with Crippen LogP contribution in [0, 0.1) is 20.2 Å². The fraction of sp³-hybridized carbons (Fsp3) is 0.125. The molecule has 0 saturated carbocycles. The smallest absolute Gasteiger partial charge is 0.245 e. The van der Waals surface area contributed by atoms with Crippen molar-refractivity contribution in [3.8, 4) is 17.3 Å². The van der Waals surface area contributed by atoms with Crippen molar-refractivity contribution in [2.75, 3.05) is 0 Å². The van der Waals surface area contributed by atoms with Crippen LogP contribution in [0.25, 0.3) is 5.69 Å². The van der Waals surface area contributed by atoms with E-state index in [-0.39, 0.29) is 6.71 Å². The summed E-state index contributed by atoms with van der Waals surface area (Å²) in [5, 5.41) is 0. The second-order valence-corrected chi connectivity index (χ2v) is 7.40. The first-order chi connectivity index (χ1) is 13.6. The SMILES string of the molecule is Cc1cccc(C)c1B1c2ccccc2Oc2c1n(-c1ccccc1)[c-][n+]2C. The van der Waals surface area contributed by atoms with E-state index >= 15 is 0 Å². The van der Waals surface area contributed by atoms with Crippen LogP contribution in [0.15, 0.2) is 72.8 Å². The van der Waals surface area contributed by atoms with E-state index in [1.165, 1.54) is 22.1 Å². The van der Waals surface area contributed by atoms with Crippen LogP contribution in [-0.2, 0) is 7.05 Å². The summed E-state index contributed by atoms with van der Waals surface area (Å²) in [7, 11) is 1.99. The van der Waals surface area contributed by atoms with Gasteiger partial charge in [-0.3, -0.25) is 4.57 Å². The van der Waals surface area contributed by atoms with Gasteiger partial charge in [0.25, 0.3) is 0 Å². The van der Waals surface area contributed by atoms with E-state index in [9.17, 15) is 0 Å². The number of hydrogen-bond donors (Lipinski definition) is 0. The molecule has 0 fully saturated rings. The van der Waals surface area contributed by atoms with Crippen LogP contribution >= 0.6 is 0 Å². The van der Waals surface area contributed by atoms with E-state index in [0.29, 0.717) is 0 Å². The minimum atomic E-state index is 0.0822. The van der Waals surface area contributed by atoms with E-state index in [1.54, 1.807) is 0 Å². The standard InChI is InChI=1S/C24H21BN2O/c1-17-10-9-11-18(2)22(17)25-20-14-7-8-15-21(20)28-24-23(25)27(16-26(24)3)19-12-5-4-6-13-19/h4-15H,1-3H3. The first kappa shape index (κ1) is 16.9. The predicted molar refractivity (Wildman–Crippen MR) is 113 cm³/mol. The zero-order valence-electron chi connectivity index (χ0n) is 16.3. The summed E-state index contributed by atoms with van der Waals surface area (Å²) in [6, 6.07) is 25.2. The second kappa shape index (κ2) is 6.41. The Morgan fingerprint density at radius 3 is 2.29 bits per heavy atom. The highest BCUT2D eigenvalue weighted by atomic mass is 16.5. The Labute approximate surface area is 165 Å². The maximum atomic E-state index is 6.35. The van der Waals surface area contributed by atoms with E-state index < -0.39 is 0 Å². The number of nitrogens with zero attached hydrogens (tertiary/aromatic N) is 2. The lowest BCUT2D eigenvalue weighted by molar-refractivity contribution is -0.678. The highest BCUT2D eigenvalue weighted by molar-refractivity contribution is 6.97. The average molecular weight is 364 g/mol. The van der Waals surface area contributed by atoms with Gasteiger partial charge in [-0.25, -0.2) is 0 Å². The van der Waals surface area contributed by atoms with Crippen molar-refractivity contribution in [3.05, 3.63) is 90.3 Å². The van der Waals surface area contributed by atoms with Crippen molar-refractivity contribution in [1.29, 1.82) is 0 Å². The molecule has 1 aliphatic rings. The predicted octanol–water partition coefficient (Wildman–Crippen LogP) is 2.34. The topological polar surface area (TPSA) is 18.0 Å². The fourth-order valence-corrected chi connectivity index (χ4v) is 4.30. The van der Waals surface area contributed by atoms with Crippen LogP contribution in [0.2, 0.25) is 0 Å². The third-order valence-electron chi connectivity index (χ3n) is 5.57. The summed E-state index contributed by atoms with van der Waals surface area (Å²) in [4.78, 5) is 0. The van der Waals surface area contributed by atoms with Gasteiger partial charge in [0.15, 0.2) is 0 Å². The van der Waals surface area contributed by atoms with Crippen LogP contribution in [0.5, 0.6) is 11.6 Å². The van der Waals surface area contributed by atoms with Gasteiger partial charge in [-0.05, 0) is 25.4 Å². The fourth-order valence-electron chi connectivity index (χ4n) is 4.30. The summed E-state index contributed by atoms with van der Waals surface area (Å²) in [5.41, 5.74) is 7.30. The molecule has 1 aliphatic heterocycles. The first-order valence-electron chi connectivity index (χ1n) is 9.57. The zero-order chi connectivity index (χ0) is 19.3. The average Bonchev–Trinajstić information content (AvgIpc) is 3.04. The molecule has 0 aliphatic carbocycles. The van der Waals surface area contributed by atoms with Crippen molar-refractivity contribution in [1.82, 2.24) is 4.57 Å². The molecule has 3 aromatic carbocycles. The third-order valence-corrected chi connectivity index (χ3v) is 5.57. The van der Waals surface area contributed by atoms with Crippen LogP contribution in [0.1, 0.15) is 11.1 Å². The molecule has 136 valence electrons. The van der Waals surface area contributed by atoms with Crippen molar-refractivity contribution < 1.29 is 9.30 Å². The van der Waals surface area contributed by atoms with Gasteiger partial charge in [-0.15, -0.1) is 0 Å². The monoisotopic (exact) mass is 364 g/mol. The largest absolute Gasteiger partial charge is 0.472 e. The number of para-hydroxylation sites is 2. The number of fused-ring (bicyclic) bond motifs is 2. The lowest BCUT2D eigenvalue weighted by Crippen LogP contribution is -2.59. The van der Waals surface area contributed by atoms with Crippen LogP contribution in [0.3, 0.4) is 0 Å². The molecular formula is C24H21BN2O. The van der Waals surface area contributed by atoms with Gasteiger partial charge in [0.1, 0.15) is 5.75 Å². The first-order valence-corrected chi connectivity index (χ1v) is 9.57. The summed E-state index contributed by atoms with van der Waals surface area (Å²) >= 11 is 0. The number of aromatic nitrogens is 2. The molecule has 0 amide bonds. The maximum absolute atomic E-state index is 6.35. The molecule has 4 aromatic rings. The number of hydrogen-bond acceptors (Lipinski definition) is 1. The highest BCUT2D eigenvalue weighted by Gasteiger charge is 2.37. The number of benzene rings is 3. The lowest BCUT2D eigenvalue weighted by atomic mass is 9.36. The Kier molecular flexibility index (Phi) is 3.87. The summed E-state index contributed by atoms with van der Waals surface area (Å²) in [5.74, 6) is 1.76. The van der Waals surface area contributed by atoms with Crippen LogP contribution < -0.4 is 25.8 Å². The maximum Gasteiger partial charge on any atom is 0.245 e. The van der Waals surface area contributed by atoms with Gasteiger partial charge in [0.05, 0.1) is 12.7 Å². The lowest BCUT2D eigenvalue weighted by Gasteiger charge is -2.29. The summed E-state index contributed by atoms with van der Waals surface area (Å²) < 4.78 is 10.5. The van der Waals surface area contributed by atoms with Gasteiger partial charge < -0.3 is 9.30 Å². The number of ether oxygens (including phenoxy) is 1. The van der Waals surface area contributed by atoms with Gasteiger partial charge >= 0.3 is 0 Å². The molecule has 4 heteroatoms. The molecule has 0 spiro atoms. The zero-order valence-corrected chi connectivity index (χ0v) is 16.3. The quantitative estimate of drug-likeness (QED) is 0.267. The molecule has 0 N–H and O–H groups in total. The number of imidazole rings is 1. The Morgan fingerprint density at radius 1 is 0.857 bits per heavy atom. The molecule has 2 heterocycles.